The molecule has 0 spiro atoms. The molecule has 0 rings (SSSR count). The van der Waals surface area contributed by atoms with Gasteiger partial charge in [0.1, 0.15) is 5.60 Å². The summed E-state index contributed by atoms with van der Waals surface area (Å²) in [6.45, 7) is 13.8. The largest absolute Gasteiger partial charge is 0.444 e. The smallest absolute Gasteiger partial charge is 0.407 e. The van der Waals surface area contributed by atoms with Crippen molar-refractivity contribution in [2.75, 3.05) is 6.54 Å². The number of alkyl carbamates (subject to hydrolysis) is 1. The van der Waals surface area contributed by atoms with Crippen LogP contribution in [-0.2, 0) is 9.53 Å². The maximum absolute atomic E-state index is 12.1. The average Bonchev–Trinajstić information content (AvgIpc) is 2.40. The van der Waals surface area contributed by atoms with E-state index in [9.17, 15) is 9.59 Å². The molecular formula is C16H32N2O3. The number of rotatable bonds is 7. The lowest BCUT2D eigenvalue weighted by Crippen LogP contribution is -2.56. The van der Waals surface area contributed by atoms with E-state index >= 15 is 0 Å². The minimum Gasteiger partial charge on any atom is -0.444 e. The van der Waals surface area contributed by atoms with Gasteiger partial charge >= 0.3 is 6.09 Å². The Balaban J connectivity index is 4.67. The van der Waals surface area contributed by atoms with E-state index in [-0.39, 0.29) is 11.8 Å². The van der Waals surface area contributed by atoms with Crippen molar-refractivity contribution in [2.24, 2.45) is 5.92 Å². The van der Waals surface area contributed by atoms with E-state index < -0.39 is 17.2 Å². The Morgan fingerprint density at radius 1 is 1.10 bits per heavy atom. The van der Waals surface area contributed by atoms with Crippen molar-refractivity contribution >= 4 is 12.0 Å². The fraction of sp³-hybridized carbons (Fsp3) is 0.875. The van der Waals surface area contributed by atoms with E-state index in [0.717, 1.165) is 19.3 Å². The van der Waals surface area contributed by atoms with Crippen LogP contribution in [0, 0.1) is 5.92 Å². The Hall–Kier alpha value is -1.26. The quantitative estimate of drug-likeness (QED) is 0.758. The predicted octanol–water partition coefficient (Wildman–Crippen LogP) is 3.23. The lowest BCUT2D eigenvalue weighted by molar-refractivity contribution is -0.126. The third-order valence-corrected chi connectivity index (χ3v) is 3.77. The Morgan fingerprint density at radius 3 is 2.00 bits per heavy atom. The molecule has 0 aromatic heterocycles. The van der Waals surface area contributed by atoms with Gasteiger partial charge in [-0.25, -0.2) is 4.79 Å². The molecule has 5 nitrogen and oxygen atoms in total. The molecule has 2 amide bonds. The highest BCUT2D eigenvalue weighted by molar-refractivity contribution is 5.79. The molecule has 0 heterocycles. The third kappa shape index (κ3) is 7.34. The van der Waals surface area contributed by atoms with Crippen LogP contribution in [0.15, 0.2) is 0 Å². The molecule has 0 aromatic rings. The van der Waals surface area contributed by atoms with E-state index in [0.29, 0.717) is 6.54 Å². The normalized spacial score (nSPS) is 13.5. The highest BCUT2D eigenvalue weighted by atomic mass is 16.6. The van der Waals surface area contributed by atoms with Gasteiger partial charge in [0, 0.05) is 12.5 Å². The number of nitrogens with one attached hydrogen (secondary N) is 2. The van der Waals surface area contributed by atoms with Crippen molar-refractivity contribution < 1.29 is 14.3 Å². The molecule has 5 heteroatoms. The average molecular weight is 300 g/mol. The fourth-order valence-corrected chi connectivity index (χ4v) is 1.85. The zero-order chi connectivity index (χ0) is 16.7. The summed E-state index contributed by atoms with van der Waals surface area (Å²) in [4.78, 5) is 23.9. The monoisotopic (exact) mass is 300 g/mol. The van der Waals surface area contributed by atoms with Gasteiger partial charge in [0.25, 0.3) is 0 Å². The van der Waals surface area contributed by atoms with E-state index in [1.807, 2.05) is 48.5 Å². The zero-order valence-electron chi connectivity index (χ0n) is 14.6. The van der Waals surface area contributed by atoms with Gasteiger partial charge in [0.15, 0.2) is 0 Å². The van der Waals surface area contributed by atoms with Gasteiger partial charge in [-0.2, -0.15) is 0 Å². The van der Waals surface area contributed by atoms with Crippen LogP contribution in [0.5, 0.6) is 0 Å². The Labute approximate surface area is 129 Å². The molecule has 2 N–H and O–H groups in total. The van der Waals surface area contributed by atoms with Gasteiger partial charge < -0.3 is 15.4 Å². The van der Waals surface area contributed by atoms with Crippen LogP contribution >= 0.6 is 0 Å². The summed E-state index contributed by atoms with van der Waals surface area (Å²) in [7, 11) is 0. The maximum Gasteiger partial charge on any atom is 0.407 e. The van der Waals surface area contributed by atoms with E-state index in [1.54, 1.807) is 0 Å². The van der Waals surface area contributed by atoms with Crippen molar-refractivity contribution in [3.05, 3.63) is 0 Å². The number of hydrogen-bond donors (Lipinski definition) is 2. The predicted molar refractivity (Wildman–Crippen MR) is 85.1 cm³/mol. The minimum atomic E-state index is -0.523. The van der Waals surface area contributed by atoms with Gasteiger partial charge in [0.05, 0.1) is 5.54 Å². The molecule has 124 valence electrons. The van der Waals surface area contributed by atoms with Crippen LogP contribution in [0.2, 0.25) is 0 Å². The van der Waals surface area contributed by atoms with Crippen molar-refractivity contribution in [1.82, 2.24) is 10.6 Å². The van der Waals surface area contributed by atoms with Crippen LogP contribution in [0.4, 0.5) is 4.79 Å². The van der Waals surface area contributed by atoms with E-state index in [1.165, 1.54) is 0 Å². The molecule has 21 heavy (non-hydrogen) atoms. The van der Waals surface area contributed by atoms with Gasteiger partial charge in [0.2, 0.25) is 5.91 Å². The highest BCUT2D eigenvalue weighted by Crippen LogP contribution is 2.16. The summed E-state index contributed by atoms with van der Waals surface area (Å²) >= 11 is 0. The van der Waals surface area contributed by atoms with E-state index in [2.05, 4.69) is 10.6 Å². The SMILES string of the molecule is CCC(C)C(=O)NC(CC)(CC)CNC(=O)OC(C)(C)C. The summed E-state index contributed by atoms with van der Waals surface area (Å²) in [5.41, 5.74) is -0.942. The molecule has 0 aliphatic rings. The second kappa shape index (κ2) is 8.25. The highest BCUT2D eigenvalue weighted by Gasteiger charge is 2.30. The first-order valence-electron chi connectivity index (χ1n) is 7.88. The molecule has 1 atom stereocenters. The molecular weight excluding hydrogens is 268 g/mol. The van der Waals surface area contributed by atoms with Crippen LogP contribution in [0.25, 0.3) is 0 Å². The molecule has 0 saturated heterocycles. The fourth-order valence-electron chi connectivity index (χ4n) is 1.85. The number of ether oxygens (including phenoxy) is 1. The third-order valence-electron chi connectivity index (χ3n) is 3.77. The molecule has 0 radical (unpaired) electrons. The van der Waals surface area contributed by atoms with Crippen LogP contribution in [0.3, 0.4) is 0 Å². The summed E-state index contributed by atoms with van der Waals surface area (Å²) in [6.07, 6.45) is 1.85. The molecule has 0 bridgehead atoms. The summed E-state index contributed by atoms with van der Waals surface area (Å²) in [6, 6.07) is 0. The lowest BCUT2D eigenvalue weighted by atomic mass is 9.91. The molecule has 0 fully saturated rings. The molecule has 0 aromatic carbocycles. The molecule has 0 aliphatic carbocycles. The summed E-state index contributed by atoms with van der Waals surface area (Å²) < 4.78 is 5.23. The summed E-state index contributed by atoms with van der Waals surface area (Å²) in [5, 5.41) is 5.86. The molecule has 0 saturated carbocycles. The Kier molecular flexibility index (Phi) is 7.75. The number of hydrogen-bond acceptors (Lipinski definition) is 3. The van der Waals surface area contributed by atoms with Crippen LogP contribution in [0.1, 0.15) is 67.7 Å². The standard InChI is InChI=1S/C16H32N2O3/c1-8-12(4)13(19)18-16(9-2,10-3)11-17-14(20)21-15(5,6)7/h12H,8-11H2,1-7H3,(H,17,20)(H,18,19). The molecule has 0 aliphatic heterocycles. The maximum atomic E-state index is 12.1. The van der Waals surface area contributed by atoms with Crippen LogP contribution in [-0.4, -0.2) is 29.7 Å². The second-order valence-electron chi connectivity index (χ2n) is 6.64. The Bertz CT molecular complexity index is 344. The van der Waals surface area contributed by atoms with Crippen LogP contribution < -0.4 is 10.6 Å². The zero-order valence-corrected chi connectivity index (χ0v) is 14.6. The van der Waals surface area contributed by atoms with Crippen molar-refractivity contribution in [3.63, 3.8) is 0 Å². The van der Waals surface area contributed by atoms with Crippen molar-refractivity contribution in [3.8, 4) is 0 Å². The van der Waals surface area contributed by atoms with E-state index in [4.69, 9.17) is 4.74 Å². The van der Waals surface area contributed by atoms with Crippen molar-refractivity contribution in [2.45, 2.75) is 78.9 Å². The lowest BCUT2D eigenvalue weighted by Gasteiger charge is -2.34. The van der Waals surface area contributed by atoms with Gasteiger partial charge in [-0.15, -0.1) is 0 Å². The number of amides is 2. The first-order chi connectivity index (χ1) is 9.59. The number of carbonyl (C=O) groups is 2. The second-order valence-corrected chi connectivity index (χ2v) is 6.64. The summed E-state index contributed by atoms with van der Waals surface area (Å²) in [5.74, 6) is 0.0104. The van der Waals surface area contributed by atoms with Crippen molar-refractivity contribution in [1.29, 1.82) is 0 Å². The topological polar surface area (TPSA) is 67.4 Å². The number of carbonyl (C=O) groups excluding carboxylic acids is 2. The van der Waals surface area contributed by atoms with Gasteiger partial charge in [-0.3, -0.25) is 4.79 Å². The van der Waals surface area contributed by atoms with Gasteiger partial charge in [-0.1, -0.05) is 27.7 Å². The molecule has 1 unspecified atom stereocenters. The first-order valence-corrected chi connectivity index (χ1v) is 7.88. The van der Waals surface area contributed by atoms with Gasteiger partial charge in [-0.05, 0) is 40.0 Å². The minimum absolute atomic E-state index is 0.0241. The first kappa shape index (κ1) is 19.7. The Morgan fingerprint density at radius 2 is 1.62 bits per heavy atom.